The molecule has 0 spiro atoms. The van der Waals surface area contributed by atoms with Crippen LogP contribution in [0.15, 0.2) is 36.7 Å². The fourth-order valence-electron chi connectivity index (χ4n) is 4.03. The van der Waals surface area contributed by atoms with Gasteiger partial charge in [0.15, 0.2) is 0 Å². The van der Waals surface area contributed by atoms with E-state index in [1.165, 1.54) is 12.8 Å². The van der Waals surface area contributed by atoms with Crippen LogP contribution in [0.25, 0.3) is 10.9 Å². The van der Waals surface area contributed by atoms with E-state index in [0.717, 1.165) is 48.3 Å². The summed E-state index contributed by atoms with van der Waals surface area (Å²) in [5.41, 5.74) is 2.49. The molecule has 0 radical (unpaired) electrons. The second-order valence-corrected chi connectivity index (χ2v) is 7.24. The van der Waals surface area contributed by atoms with E-state index >= 15 is 0 Å². The standard InChI is InChI=1S/C20H20N6/c21-12-15-11-19(17-3-1-2-4-18(17)23-15)25-9-7-14(8-10-25)20-24-22-13-26(20)16-5-6-16/h1-4,11,13-14,16H,5-10H2. The van der Waals surface area contributed by atoms with Crippen LogP contribution < -0.4 is 4.90 Å². The molecule has 5 rings (SSSR count). The Morgan fingerprint density at radius 2 is 1.88 bits per heavy atom. The van der Waals surface area contributed by atoms with Gasteiger partial charge in [-0.2, -0.15) is 5.26 Å². The normalized spacial score (nSPS) is 18.2. The summed E-state index contributed by atoms with van der Waals surface area (Å²) >= 11 is 0. The van der Waals surface area contributed by atoms with Crippen molar-refractivity contribution < 1.29 is 0 Å². The highest BCUT2D eigenvalue weighted by atomic mass is 15.3. The predicted octanol–water partition coefficient (Wildman–Crippen LogP) is 3.42. The van der Waals surface area contributed by atoms with Crippen molar-refractivity contribution in [3.05, 3.63) is 48.2 Å². The van der Waals surface area contributed by atoms with Crippen molar-refractivity contribution in [1.29, 1.82) is 5.26 Å². The van der Waals surface area contributed by atoms with Crippen molar-refractivity contribution in [2.45, 2.75) is 37.6 Å². The molecule has 1 saturated carbocycles. The van der Waals surface area contributed by atoms with Gasteiger partial charge in [0, 0.05) is 36.1 Å². The summed E-state index contributed by atoms with van der Waals surface area (Å²) in [6, 6.07) is 12.8. The van der Waals surface area contributed by atoms with Crippen molar-refractivity contribution in [3.63, 3.8) is 0 Å². The molecule has 2 fully saturated rings. The minimum absolute atomic E-state index is 0.470. The lowest BCUT2D eigenvalue weighted by atomic mass is 9.95. The molecular formula is C20H20N6. The number of nitriles is 1. The molecular weight excluding hydrogens is 324 g/mol. The Bertz CT molecular complexity index is 989. The molecule has 3 heterocycles. The molecule has 3 aromatic rings. The molecule has 0 amide bonds. The Morgan fingerprint density at radius 3 is 2.65 bits per heavy atom. The number of hydrogen-bond acceptors (Lipinski definition) is 5. The number of pyridine rings is 1. The van der Waals surface area contributed by atoms with Crippen molar-refractivity contribution in [2.24, 2.45) is 0 Å². The quantitative estimate of drug-likeness (QED) is 0.728. The molecule has 26 heavy (non-hydrogen) atoms. The second-order valence-electron chi connectivity index (χ2n) is 7.24. The monoisotopic (exact) mass is 344 g/mol. The van der Waals surface area contributed by atoms with Gasteiger partial charge >= 0.3 is 0 Å². The smallest absolute Gasteiger partial charge is 0.143 e. The first-order chi connectivity index (χ1) is 12.8. The van der Waals surface area contributed by atoms with Crippen LogP contribution in [0.5, 0.6) is 0 Å². The fraction of sp³-hybridized carbons (Fsp3) is 0.400. The predicted molar refractivity (Wildman–Crippen MR) is 98.9 cm³/mol. The Kier molecular flexibility index (Phi) is 3.59. The number of benzene rings is 1. The summed E-state index contributed by atoms with van der Waals surface area (Å²) in [7, 11) is 0. The summed E-state index contributed by atoms with van der Waals surface area (Å²) in [6.07, 6.45) is 6.52. The molecule has 0 unspecified atom stereocenters. The van der Waals surface area contributed by atoms with Gasteiger partial charge in [-0.25, -0.2) is 4.98 Å². The van der Waals surface area contributed by atoms with E-state index in [1.807, 2.05) is 30.6 Å². The van der Waals surface area contributed by atoms with E-state index in [4.69, 9.17) is 0 Å². The highest BCUT2D eigenvalue weighted by Gasteiger charge is 2.31. The van der Waals surface area contributed by atoms with Crippen LogP contribution >= 0.6 is 0 Å². The van der Waals surface area contributed by atoms with Gasteiger partial charge in [0.1, 0.15) is 23.9 Å². The minimum Gasteiger partial charge on any atom is -0.371 e. The maximum atomic E-state index is 9.33. The number of fused-ring (bicyclic) bond motifs is 1. The Balaban J connectivity index is 1.41. The summed E-state index contributed by atoms with van der Waals surface area (Å²) in [5, 5.41) is 19.0. The van der Waals surface area contributed by atoms with E-state index in [-0.39, 0.29) is 0 Å². The van der Waals surface area contributed by atoms with Crippen LogP contribution in [-0.4, -0.2) is 32.8 Å². The first-order valence-corrected chi connectivity index (χ1v) is 9.28. The van der Waals surface area contributed by atoms with Gasteiger partial charge in [-0.1, -0.05) is 18.2 Å². The van der Waals surface area contributed by atoms with Crippen molar-refractivity contribution >= 4 is 16.6 Å². The second kappa shape index (κ2) is 6.10. The molecule has 6 heteroatoms. The SMILES string of the molecule is N#Cc1cc(N2CCC(c3nncn3C3CC3)CC2)c2ccccc2n1. The zero-order chi connectivity index (χ0) is 17.5. The highest BCUT2D eigenvalue weighted by Crippen LogP contribution is 2.39. The van der Waals surface area contributed by atoms with E-state index in [2.05, 4.69) is 36.8 Å². The van der Waals surface area contributed by atoms with Gasteiger partial charge in [-0.3, -0.25) is 0 Å². The average Bonchev–Trinajstić information content (AvgIpc) is 3.43. The topological polar surface area (TPSA) is 70.6 Å². The van der Waals surface area contributed by atoms with Crippen molar-refractivity contribution in [2.75, 3.05) is 18.0 Å². The third-order valence-electron chi connectivity index (χ3n) is 5.55. The number of aromatic nitrogens is 4. The number of nitrogens with zero attached hydrogens (tertiary/aromatic N) is 6. The van der Waals surface area contributed by atoms with E-state index in [1.54, 1.807) is 0 Å². The van der Waals surface area contributed by atoms with Crippen LogP contribution in [0.4, 0.5) is 5.69 Å². The van der Waals surface area contributed by atoms with Gasteiger partial charge in [0.2, 0.25) is 0 Å². The fourth-order valence-corrected chi connectivity index (χ4v) is 4.03. The molecule has 2 aliphatic rings. The molecule has 1 aromatic carbocycles. The lowest BCUT2D eigenvalue weighted by Crippen LogP contribution is -2.34. The summed E-state index contributed by atoms with van der Waals surface area (Å²) in [5.74, 6) is 1.63. The number of piperidine rings is 1. The third kappa shape index (κ3) is 2.60. The zero-order valence-corrected chi connectivity index (χ0v) is 14.5. The van der Waals surface area contributed by atoms with Gasteiger partial charge in [-0.05, 0) is 37.8 Å². The maximum absolute atomic E-state index is 9.33. The van der Waals surface area contributed by atoms with E-state index in [9.17, 15) is 5.26 Å². The summed E-state index contributed by atoms with van der Waals surface area (Å²) < 4.78 is 2.29. The van der Waals surface area contributed by atoms with Gasteiger partial charge < -0.3 is 9.47 Å². The number of rotatable bonds is 3. The van der Waals surface area contributed by atoms with E-state index < -0.39 is 0 Å². The highest BCUT2D eigenvalue weighted by molar-refractivity contribution is 5.92. The first-order valence-electron chi connectivity index (χ1n) is 9.28. The van der Waals surface area contributed by atoms with Crippen molar-refractivity contribution in [1.82, 2.24) is 19.7 Å². The van der Waals surface area contributed by atoms with E-state index in [0.29, 0.717) is 17.7 Å². The molecule has 0 N–H and O–H groups in total. The van der Waals surface area contributed by atoms with Gasteiger partial charge in [0.05, 0.1) is 5.52 Å². The average molecular weight is 344 g/mol. The van der Waals surface area contributed by atoms with Crippen molar-refractivity contribution in [3.8, 4) is 6.07 Å². The molecule has 1 aliphatic carbocycles. The molecule has 6 nitrogen and oxygen atoms in total. The number of hydrogen-bond donors (Lipinski definition) is 0. The molecule has 2 aromatic heterocycles. The Hall–Kier alpha value is -2.94. The summed E-state index contributed by atoms with van der Waals surface area (Å²) in [4.78, 5) is 6.82. The molecule has 1 aliphatic heterocycles. The lowest BCUT2D eigenvalue weighted by Gasteiger charge is -2.34. The Morgan fingerprint density at radius 1 is 1.08 bits per heavy atom. The van der Waals surface area contributed by atoms with Gasteiger partial charge in [-0.15, -0.1) is 10.2 Å². The molecule has 1 saturated heterocycles. The van der Waals surface area contributed by atoms with Crippen LogP contribution in [0, 0.1) is 11.3 Å². The third-order valence-corrected chi connectivity index (χ3v) is 5.55. The maximum Gasteiger partial charge on any atom is 0.143 e. The van der Waals surface area contributed by atoms with Crippen LogP contribution in [0.2, 0.25) is 0 Å². The minimum atomic E-state index is 0.470. The Labute approximate surface area is 152 Å². The van der Waals surface area contributed by atoms with Crippen LogP contribution in [-0.2, 0) is 0 Å². The lowest BCUT2D eigenvalue weighted by molar-refractivity contribution is 0.466. The summed E-state index contributed by atoms with van der Waals surface area (Å²) in [6.45, 7) is 1.92. The van der Waals surface area contributed by atoms with Crippen LogP contribution in [0.1, 0.15) is 49.2 Å². The molecule has 0 atom stereocenters. The zero-order valence-electron chi connectivity index (χ0n) is 14.5. The van der Waals surface area contributed by atoms with Gasteiger partial charge in [0.25, 0.3) is 0 Å². The molecule has 130 valence electrons. The molecule has 0 bridgehead atoms. The largest absolute Gasteiger partial charge is 0.371 e. The van der Waals surface area contributed by atoms with Crippen LogP contribution in [0.3, 0.4) is 0 Å². The number of para-hydroxylation sites is 1. The number of anilines is 1. The first kappa shape index (κ1) is 15.3.